The number of carbonyl (C=O) groups excluding carboxylic acids is 1. The summed E-state index contributed by atoms with van der Waals surface area (Å²) in [5, 5.41) is 15.8. The van der Waals surface area contributed by atoms with Crippen LogP contribution in [0.25, 0.3) is 22.3 Å². The van der Waals surface area contributed by atoms with Crippen LogP contribution in [0.5, 0.6) is 5.88 Å². The molecule has 1 aliphatic rings. The van der Waals surface area contributed by atoms with Gasteiger partial charge in [-0.3, -0.25) is 9.59 Å². The molecule has 1 atom stereocenters. The number of aryl methyl sites for hydroxylation is 1. The number of carbonyl (C=O) groups is 2. The first kappa shape index (κ1) is 33.7. The Balaban J connectivity index is 0.00000145. The number of benzene rings is 3. The minimum absolute atomic E-state index is 0.00269. The summed E-state index contributed by atoms with van der Waals surface area (Å²) >= 11 is 0. The molecule has 6 rings (SSSR count). The van der Waals surface area contributed by atoms with Crippen LogP contribution in [0.1, 0.15) is 47.8 Å². The van der Waals surface area contributed by atoms with E-state index in [9.17, 15) is 9.18 Å². The third-order valence-electron chi connectivity index (χ3n) is 8.20. The Morgan fingerprint density at radius 2 is 1.81 bits per heavy atom. The highest BCUT2D eigenvalue weighted by atomic mass is 19.1. The number of imidazole rings is 1. The molecule has 3 heterocycles. The maximum absolute atomic E-state index is 15.6. The summed E-state index contributed by atoms with van der Waals surface area (Å²) < 4.78 is 53.1. The van der Waals surface area contributed by atoms with Crippen molar-refractivity contribution in [1.29, 1.82) is 5.26 Å². The lowest BCUT2D eigenvalue weighted by Crippen LogP contribution is -2.36. The van der Waals surface area contributed by atoms with E-state index in [1.165, 1.54) is 30.3 Å². The average molecular weight is 656 g/mol. The Hall–Kier alpha value is -5.70. The van der Waals surface area contributed by atoms with Gasteiger partial charge in [-0.15, -0.1) is 0 Å². The van der Waals surface area contributed by atoms with Gasteiger partial charge in [0.05, 0.1) is 28.4 Å². The van der Waals surface area contributed by atoms with Crippen LogP contribution >= 0.6 is 0 Å². The van der Waals surface area contributed by atoms with E-state index in [1.807, 2.05) is 40.7 Å². The van der Waals surface area contributed by atoms with Gasteiger partial charge in [-0.1, -0.05) is 18.2 Å². The van der Waals surface area contributed by atoms with Crippen LogP contribution in [0.3, 0.4) is 0 Å². The maximum Gasteiger partial charge on any atom is 0.290 e. The Morgan fingerprint density at radius 1 is 1.04 bits per heavy atom. The fourth-order valence-electron chi connectivity index (χ4n) is 5.89. The van der Waals surface area contributed by atoms with Crippen molar-refractivity contribution < 1.29 is 32.6 Å². The van der Waals surface area contributed by atoms with Gasteiger partial charge >= 0.3 is 0 Å². The van der Waals surface area contributed by atoms with Crippen molar-refractivity contribution in [2.75, 3.05) is 6.54 Å². The number of nitriles is 1. The van der Waals surface area contributed by atoms with Gasteiger partial charge in [-0.25, -0.2) is 23.1 Å². The van der Waals surface area contributed by atoms with E-state index in [2.05, 4.69) is 4.98 Å². The number of pyridine rings is 1. The monoisotopic (exact) mass is 655 g/mol. The maximum atomic E-state index is 15.6. The lowest BCUT2D eigenvalue weighted by atomic mass is 10.0. The molecule has 1 saturated heterocycles. The van der Waals surface area contributed by atoms with Crippen LogP contribution in [0, 0.1) is 35.7 Å². The fraction of sp³-hybridized carbons (Fsp3) is 0.250. The van der Waals surface area contributed by atoms with Gasteiger partial charge in [0.1, 0.15) is 29.9 Å². The molecule has 1 N–H and O–H groups in total. The van der Waals surface area contributed by atoms with Crippen LogP contribution in [0.4, 0.5) is 13.2 Å². The van der Waals surface area contributed by atoms with Crippen molar-refractivity contribution in [2.24, 2.45) is 0 Å². The number of aromatic nitrogens is 3. The van der Waals surface area contributed by atoms with Crippen LogP contribution in [-0.2, 0) is 29.2 Å². The number of hydrogen-bond acceptors (Lipinski definition) is 6. The fourth-order valence-corrected chi connectivity index (χ4v) is 5.89. The average Bonchev–Trinajstić information content (AvgIpc) is 3.67. The van der Waals surface area contributed by atoms with Crippen molar-refractivity contribution in [1.82, 2.24) is 19.4 Å². The van der Waals surface area contributed by atoms with Crippen molar-refractivity contribution in [3.05, 3.63) is 112 Å². The number of halogens is 3. The van der Waals surface area contributed by atoms with E-state index in [-0.39, 0.29) is 65.3 Å². The van der Waals surface area contributed by atoms with E-state index < -0.39 is 17.5 Å². The molecule has 0 aliphatic carbocycles. The molecule has 1 aliphatic heterocycles. The number of nitrogens with zero attached hydrogens (tertiary/aromatic N) is 5. The van der Waals surface area contributed by atoms with Crippen molar-refractivity contribution >= 4 is 23.4 Å². The molecule has 9 nitrogen and oxygen atoms in total. The summed E-state index contributed by atoms with van der Waals surface area (Å²) in [6.07, 6.45) is 1.83. The number of carboxylic acid groups (broad SMARTS) is 1. The molecule has 48 heavy (non-hydrogen) atoms. The predicted octanol–water partition coefficient (Wildman–Crippen LogP) is 6.58. The first-order valence-corrected chi connectivity index (χ1v) is 15.2. The normalized spacial score (nSPS) is 13.9. The van der Waals surface area contributed by atoms with Crippen LogP contribution in [0.2, 0.25) is 0 Å². The first-order chi connectivity index (χ1) is 23.1. The second-order valence-corrected chi connectivity index (χ2v) is 11.4. The number of ether oxygens (including phenoxy) is 1. The Bertz CT molecular complexity index is 2020. The quantitative estimate of drug-likeness (QED) is 0.188. The summed E-state index contributed by atoms with van der Waals surface area (Å²) in [4.78, 5) is 31.6. The molecule has 12 heteroatoms. The second-order valence-electron chi connectivity index (χ2n) is 11.4. The minimum atomic E-state index is -0.661. The Kier molecular flexibility index (Phi) is 10.4. The summed E-state index contributed by atoms with van der Waals surface area (Å²) in [7, 11) is 0. The molecule has 246 valence electrons. The summed E-state index contributed by atoms with van der Waals surface area (Å²) in [6, 6.07) is 18.8. The highest BCUT2D eigenvalue weighted by Crippen LogP contribution is 2.29. The highest BCUT2D eigenvalue weighted by Gasteiger charge is 2.28. The van der Waals surface area contributed by atoms with Crippen LogP contribution in [-0.4, -0.2) is 49.5 Å². The molecule has 5 aromatic rings. The van der Waals surface area contributed by atoms with Gasteiger partial charge in [0.2, 0.25) is 11.8 Å². The Morgan fingerprint density at radius 3 is 2.54 bits per heavy atom. The molecule has 0 radical (unpaired) electrons. The van der Waals surface area contributed by atoms with E-state index in [0.29, 0.717) is 18.9 Å². The minimum Gasteiger partial charge on any atom is -0.483 e. The molecule has 1 fully saturated rings. The molecule has 1 amide bonds. The van der Waals surface area contributed by atoms with Gasteiger partial charge in [-0.2, -0.15) is 5.26 Å². The molecular formula is C36H32F3N5O4. The number of rotatable bonds is 8. The predicted molar refractivity (Wildman–Crippen MR) is 171 cm³/mol. The molecule has 3 aromatic carbocycles. The SMILES string of the molecule is CC(=O)N1CCCC1Cn1c(Cc2cc(F)c(-c3cccc(OCc4ccc(C#N)cc4F)n3)cc2F)nc2ccc(C)cc21.O=CO. The summed E-state index contributed by atoms with van der Waals surface area (Å²) in [5.74, 6) is -1.15. The first-order valence-electron chi connectivity index (χ1n) is 15.2. The second kappa shape index (κ2) is 14.8. The summed E-state index contributed by atoms with van der Waals surface area (Å²) in [5.41, 5.74) is 3.36. The molecular weight excluding hydrogens is 623 g/mol. The van der Waals surface area contributed by atoms with E-state index in [4.69, 9.17) is 24.9 Å². The molecule has 0 saturated carbocycles. The topological polar surface area (TPSA) is 121 Å². The van der Waals surface area contributed by atoms with E-state index in [1.54, 1.807) is 13.0 Å². The summed E-state index contributed by atoms with van der Waals surface area (Å²) in [6.45, 7) is 4.37. The zero-order valence-corrected chi connectivity index (χ0v) is 26.3. The smallest absolute Gasteiger partial charge is 0.290 e. The number of hydrogen-bond donors (Lipinski definition) is 1. The van der Waals surface area contributed by atoms with Crippen LogP contribution in [0.15, 0.2) is 66.7 Å². The molecule has 2 aromatic heterocycles. The van der Waals surface area contributed by atoms with Gasteiger partial charge in [0.15, 0.2) is 0 Å². The third-order valence-corrected chi connectivity index (χ3v) is 8.20. The molecule has 0 spiro atoms. The van der Waals surface area contributed by atoms with Gasteiger partial charge < -0.3 is 19.3 Å². The molecule has 0 bridgehead atoms. The number of likely N-dealkylation sites (tertiary alicyclic amines) is 1. The zero-order valence-electron chi connectivity index (χ0n) is 26.3. The van der Waals surface area contributed by atoms with Gasteiger partial charge in [0, 0.05) is 49.7 Å². The number of fused-ring (bicyclic) bond motifs is 1. The van der Waals surface area contributed by atoms with Crippen molar-refractivity contribution in [3.63, 3.8) is 0 Å². The standard InChI is InChI=1S/C35H30F3N5O2.CH2O2/c1-21-8-11-32-33(13-21)43(19-26-5-4-12-42(26)22(2)44)34(40-32)16-25-15-30(38)27(17-29(25)37)31-6-3-7-35(41-31)45-20-24-10-9-23(18-39)14-28(24)36;2-1-3/h3,6-11,13-15,17,26H,4-5,12,16,19-20H2,1-2H3;1H,(H,2,3). The molecule has 1 unspecified atom stereocenters. The third kappa shape index (κ3) is 7.47. The van der Waals surface area contributed by atoms with E-state index >= 15 is 8.78 Å². The Labute approximate surface area is 274 Å². The highest BCUT2D eigenvalue weighted by molar-refractivity contribution is 5.77. The van der Waals surface area contributed by atoms with Crippen LogP contribution < -0.4 is 4.74 Å². The lowest BCUT2D eigenvalue weighted by molar-refractivity contribution is -0.129. The van der Waals surface area contributed by atoms with E-state index in [0.717, 1.165) is 41.6 Å². The number of amides is 1. The van der Waals surface area contributed by atoms with Crippen molar-refractivity contribution in [3.8, 4) is 23.2 Å². The lowest BCUT2D eigenvalue weighted by Gasteiger charge is -2.25. The van der Waals surface area contributed by atoms with Gasteiger partial charge in [0.25, 0.3) is 6.47 Å². The van der Waals surface area contributed by atoms with Crippen molar-refractivity contribution in [2.45, 2.75) is 52.3 Å². The largest absolute Gasteiger partial charge is 0.483 e. The van der Waals surface area contributed by atoms with Gasteiger partial charge in [-0.05, 0) is 73.4 Å². The zero-order chi connectivity index (χ0) is 34.4.